The number of hydrogen-bond acceptors (Lipinski definition) is 3. The third-order valence-corrected chi connectivity index (χ3v) is 3.57. The van der Waals surface area contributed by atoms with Crippen LogP contribution in [0.5, 0.6) is 0 Å². The summed E-state index contributed by atoms with van der Waals surface area (Å²) in [5, 5.41) is 8.25. The summed E-state index contributed by atoms with van der Waals surface area (Å²) in [6.07, 6.45) is 3.25. The van der Waals surface area contributed by atoms with Crippen molar-refractivity contribution in [1.29, 1.82) is 0 Å². The molecule has 4 nitrogen and oxygen atoms in total. The Morgan fingerprint density at radius 3 is 2.57 bits per heavy atom. The molecule has 21 heavy (non-hydrogen) atoms. The number of aromatic nitrogens is 3. The Kier molecular flexibility index (Phi) is 4.17. The smallest absolute Gasteiger partial charge is 0.137 e. The van der Waals surface area contributed by atoms with Crippen LogP contribution in [-0.4, -0.2) is 14.8 Å². The molecule has 0 saturated heterocycles. The van der Waals surface area contributed by atoms with Gasteiger partial charge in [-0.3, -0.25) is 0 Å². The normalized spacial score (nSPS) is 10.5. The lowest BCUT2D eigenvalue weighted by Gasteiger charge is -2.09. The van der Waals surface area contributed by atoms with Gasteiger partial charge in [0.05, 0.1) is 6.54 Å². The Hall–Kier alpha value is -2.33. The number of halogens is 1. The molecular formula is C16H15ClN4. The van der Waals surface area contributed by atoms with E-state index in [4.69, 9.17) is 11.6 Å². The van der Waals surface area contributed by atoms with Crippen LogP contribution in [-0.2, 0) is 13.1 Å². The van der Waals surface area contributed by atoms with E-state index in [2.05, 4.69) is 39.7 Å². The third kappa shape index (κ3) is 3.61. The van der Waals surface area contributed by atoms with Crippen LogP contribution in [0.2, 0.25) is 5.02 Å². The molecule has 0 radical (unpaired) electrons. The van der Waals surface area contributed by atoms with E-state index in [1.54, 1.807) is 17.3 Å². The zero-order valence-corrected chi connectivity index (χ0v) is 12.2. The van der Waals surface area contributed by atoms with Crippen molar-refractivity contribution >= 4 is 17.3 Å². The number of anilines is 1. The van der Waals surface area contributed by atoms with Crippen LogP contribution in [0.3, 0.4) is 0 Å². The molecule has 1 heterocycles. The summed E-state index contributed by atoms with van der Waals surface area (Å²) in [6.45, 7) is 1.44. The predicted molar refractivity (Wildman–Crippen MR) is 84.3 cm³/mol. The highest BCUT2D eigenvalue weighted by atomic mass is 35.5. The average molecular weight is 299 g/mol. The van der Waals surface area contributed by atoms with Crippen molar-refractivity contribution in [3.8, 4) is 0 Å². The fraction of sp³-hybridized carbons (Fsp3) is 0.125. The van der Waals surface area contributed by atoms with Crippen molar-refractivity contribution in [2.45, 2.75) is 13.1 Å². The zero-order valence-electron chi connectivity index (χ0n) is 11.4. The van der Waals surface area contributed by atoms with Gasteiger partial charge >= 0.3 is 0 Å². The molecule has 3 rings (SSSR count). The van der Waals surface area contributed by atoms with Gasteiger partial charge in [-0.25, -0.2) is 9.67 Å². The van der Waals surface area contributed by atoms with Crippen LogP contribution in [0, 0.1) is 0 Å². The second kappa shape index (κ2) is 6.41. The van der Waals surface area contributed by atoms with E-state index in [9.17, 15) is 0 Å². The fourth-order valence-electron chi connectivity index (χ4n) is 2.07. The Morgan fingerprint density at radius 2 is 1.86 bits per heavy atom. The molecule has 0 amide bonds. The van der Waals surface area contributed by atoms with Crippen molar-refractivity contribution < 1.29 is 0 Å². The molecule has 0 aliphatic heterocycles. The van der Waals surface area contributed by atoms with Gasteiger partial charge < -0.3 is 5.32 Å². The van der Waals surface area contributed by atoms with Crippen LogP contribution in [0.4, 0.5) is 5.69 Å². The van der Waals surface area contributed by atoms with Gasteiger partial charge in [-0.05, 0) is 29.3 Å². The van der Waals surface area contributed by atoms with E-state index < -0.39 is 0 Å². The minimum absolute atomic E-state index is 0.710. The first kappa shape index (κ1) is 13.6. The largest absolute Gasteiger partial charge is 0.381 e. The molecule has 1 N–H and O–H groups in total. The molecule has 106 valence electrons. The van der Waals surface area contributed by atoms with E-state index in [0.717, 1.165) is 22.8 Å². The van der Waals surface area contributed by atoms with Gasteiger partial charge in [-0.15, -0.1) is 0 Å². The first-order chi connectivity index (χ1) is 10.3. The minimum atomic E-state index is 0.710. The average Bonchev–Trinajstić information content (AvgIpc) is 3.01. The van der Waals surface area contributed by atoms with Gasteiger partial charge in [0.25, 0.3) is 0 Å². The summed E-state index contributed by atoms with van der Waals surface area (Å²) in [7, 11) is 0. The Morgan fingerprint density at radius 1 is 1.05 bits per heavy atom. The number of hydrogen-bond donors (Lipinski definition) is 1. The molecule has 3 aromatic rings. The lowest BCUT2D eigenvalue weighted by atomic mass is 10.2. The molecule has 0 atom stereocenters. The molecule has 1 aromatic heterocycles. The highest BCUT2D eigenvalue weighted by Gasteiger charge is 2.00. The number of nitrogens with one attached hydrogen (secondary N) is 1. The van der Waals surface area contributed by atoms with Gasteiger partial charge in [0.2, 0.25) is 0 Å². The van der Waals surface area contributed by atoms with Crippen LogP contribution in [0.1, 0.15) is 11.1 Å². The monoisotopic (exact) mass is 298 g/mol. The van der Waals surface area contributed by atoms with E-state index in [-0.39, 0.29) is 0 Å². The van der Waals surface area contributed by atoms with Crippen molar-refractivity contribution in [1.82, 2.24) is 14.8 Å². The highest BCUT2D eigenvalue weighted by Crippen LogP contribution is 2.17. The summed E-state index contributed by atoms with van der Waals surface area (Å²) in [5.74, 6) is 0. The maximum absolute atomic E-state index is 6.14. The highest BCUT2D eigenvalue weighted by molar-refractivity contribution is 6.31. The van der Waals surface area contributed by atoms with Gasteiger partial charge in [-0.2, -0.15) is 5.10 Å². The molecule has 0 aliphatic carbocycles. The number of nitrogens with zero attached hydrogens (tertiary/aromatic N) is 3. The molecule has 0 saturated carbocycles. The van der Waals surface area contributed by atoms with Crippen LogP contribution in [0.25, 0.3) is 0 Å². The Labute approximate surface area is 128 Å². The molecule has 0 fully saturated rings. The van der Waals surface area contributed by atoms with Crippen molar-refractivity contribution in [2.75, 3.05) is 5.32 Å². The summed E-state index contributed by atoms with van der Waals surface area (Å²) in [5.41, 5.74) is 3.34. The Balaban J connectivity index is 1.61. The second-order valence-corrected chi connectivity index (χ2v) is 5.14. The lowest BCUT2D eigenvalue weighted by Crippen LogP contribution is -2.02. The van der Waals surface area contributed by atoms with Gasteiger partial charge in [-0.1, -0.05) is 41.9 Å². The van der Waals surface area contributed by atoms with Crippen molar-refractivity contribution in [3.05, 3.63) is 77.3 Å². The molecule has 5 heteroatoms. The summed E-state index contributed by atoms with van der Waals surface area (Å²) < 4.78 is 1.80. The summed E-state index contributed by atoms with van der Waals surface area (Å²) in [4.78, 5) is 3.93. The summed E-state index contributed by atoms with van der Waals surface area (Å²) in [6, 6.07) is 16.1. The molecule has 0 unspecified atom stereocenters. The fourth-order valence-corrected chi connectivity index (χ4v) is 2.27. The predicted octanol–water partition coefficient (Wildman–Crippen LogP) is 3.59. The topological polar surface area (TPSA) is 42.7 Å². The van der Waals surface area contributed by atoms with Crippen molar-refractivity contribution in [3.63, 3.8) is 0 Å². The molecular weight excluding hydrogens is 284 g/mol. The quantitative estimate of drug-likeness (QED) is 0.783. The van der Waals surface area contributed by atoms with E-state index in [1.165, 1.54) is 5.56 Å². The first-order valence-electron chi connectivity index (χ1n) is 6.70. The van der Waals surface area contributed by atoms with Crippen LogP contribution in [0.15, 0.2) is 61.2 Å². The molecule has 2 aromatic carbocycles. The second-order valence-electron chi connectivity index (χ2n) is 4.73. The lowest BCUT2D eigenvalue weighted by molar-refractivity contribution is 0.685. The van der Waals surface area contributed by atoms with Gasteiger partial charge in [0, 0.05) is 17.3 Å². The zero-order chi connectivity index (χ0) is 14.5. The van der Waals surface area contributed by atoms with Gasteiger partial charge in [0.15, 0.2) is 0 Å². The standard InChI is InChI=1S/C16H15ClN4/c17-16-4-2-1-3-14(16)9-19-15-7-5-13(6-8-15)10-21-12-18-11-20-21/h1-8,11-12,19H,9-10H2. The van der Waals surface area contributed by atoms with Crippen LogP contribution >= 0.6 is 11.6 Å². The van der Waals surface area contributed by atoms with E-state index in [1.807, 2.05) is 24.3 Å². The SMILES string of the molecule is Clc1ccccc1CNc1ccc(Cn2cncn2)cc1. The van der Waals surface area contributed by atoms with E-state index >= 15 is 0 Å². The third-order valence-electron chi connectivity index (χ3n) is 3.21. The molecule has 0 aliphatic rings. The number of rotatable bonds is 5. The maximum Gasteiger partial charge on any atom is 0.137 e. The Bertz CT molecular complexity index is 693. The van der Waals surface area contributed by atoms with Crippen LogP contribution < -0.4 is 5.32 Å². The number of benzene rings is 2. The maximum atomic E-state index is 6.14. The first-order valence-corrected chi connectivity index (χ1v) is 7.08. The minimum Gasteiger partial charge on any atom is -0.381 e. The van der Waals surface area contributed by atoms with E-state index in [0.29, 0.717) is 6.54 Å². The van der Waals surface area contributed by atoms with Gasteiger partial charge in [0.1, 0.15) is 12.7 Å². The molecule has 0 bridgehead atoms. The summed E-state index contributed by atoms with van der Waals surface area (Å²) >= 11 is 6.14. The van der Waals surface area contributed by atoms with Crippen molar-refractivity contribution in [2.24, 2.45) is 0 Å². The molecule has 0 spiro atoms.